The van der Waals surface area contributed by atoms with Gasteiger partial charge in [-0.05, 0) is 37.7 Å². The van der Waals surface area contributed by atoms with E-state index >= 15 is 0 Å². The molecule has 4 rings (SSSR count). The minimum Gasteiger partial charge on any atom is -0.356 e. The lowest BCUT2D eigenvalue weighted by atomic mass is 10.1. The van der Waals surface area contributed by atoms with Gasteiger partial charge in [0, 0.05) is 38.2 Å². The number of carbonyl (C=O) groups is 1. The molecule has 7 nitrogen and oxygen atoms in total. The van der Waals surface area contributed by atoms with Crippen molar-refractivity contribution in [2.75, 3.05) is 31.1 Å². The molecule has 0 unspecified atom stereocenters. The van der Waals surface area contributed by atoms with Gasteiger partial charge in [0.15, 0.2) is 0 Å². The molecule has 24 heavy (non-hydrogen) atoms. The van der Waals surface area contributed by atoms with Crippen LogP contribution in [0.1, 0.15) is 39.5 Å². The maximum Gasteiger partial charge on any atom is 0.267 e. The molecule has 1 saturated heterocycles. The first-order valence-electron chi connectivity index (χ1n) is 8.40. The quantitative estimate of drug-likeness (QED) is 0.821. The molecule has 0 bridgehead atoms. The third-order valence-electron chi connectivity index (χ3n) is 4.80. The minimum absolute atomic E-state index is 0.0333. The molecule has 0 radical (unpaired) electrons. The monoisotopic (exact) mass is 344 g/mol. The molecule has 1 amide bonds. The van der Waals surface area contributed by atoms with Gasteiger partial charge in [-0.1, -0.05) is 4.49 Å². The van der Waals surface area contributed by atoms with Crippen molar-refractivity contribution in [3.63, 3.8) is 0 Å². The van der Waals surface area contributed by atoms with Crippen LogP contribution in [0.4, 0.5) is 5.82 Å². The summed E-state index contributed by atoms with van der Waals surface area (Å²) in [4.78, 5) is 26.7. The number of nitrogens with zero attached hydrogens (tertiary/aromatic N) is 6. The first kappa shape index (κ1) is 15.4. The van der Waals surface area contributed by atoms with Crippen LogP contribution in [0.25, 0.3) is 0 Å². The highest BCUT2D eigenvalue weighted by Gasteiger charge is 2.26. The molecule has 2 aromatic heterocycles. The second-order valence-electron chi connectivity index (χ2n) is 6.30. The van der Waals surface area contributed by atoms with Crippen molar-refractivity contribution in [3.8, 4) is 0 Å². The van der Waals surface area contributed by atoms with E-state index in [1.54, 1.807) is 6.33 Å². The topological polar surface area (TPSA) is 75.1 Å². The normalized spacial score (nSPS) is 17.7. The van der Waals surface area contributed by atoms with E-state index in [0.717, 1.165) is 37.4 Å². The molecule has 0 spiro atoms. The molecule has 1 fully saturated rings. The summed E-state index contributed by atoms with van der Waals surface area (Å²) in [7, 11) is 0. The van der Waals surface area contributed by atoms with E-state index < -0.39 is 0 Å². The Hall–Kier alpha value is -2.09. The molecular weight excluding hydrogens is 324 g/mol. The standard InChI is InChI=1S/C16H20N6OS/c1-11-14(24-20-19-11)16(23)22-8-4-12-13(5-9-22)17-10-18-15(12)21-6-2-3-7-21/h10H,2-9H2,1H3. The second kappa shape index (κ2) is 6.43. The zero-order valence-electron chi connectivity index (χ0n) is 13.7. The van der Waals surface area contributed by atoms with Crippen LogP contribution in [-0.4, -0.2) is 56.5 Å². The summed E-state index contributed by atoms with van der Waals surface area (Å²) in [5, 5.41) is 3.95. The Morgan fingerprint density at radius 3 is 2.67 bits per heavy atom. The van der Waals surface area contributed by atoms with E-state index in [-0.39, 0.29) is 5.91 Å². The van der Waals surface area contributed by atoms with Crippen LogP contribution in [0.15, 0.2) is 6.33 Å². The number of rotatable bonds is 2. The van der Waals surface area contributed by atoms with Gasteiger partial charge in [0.25, 0.3) is 5.91 Å². The van der Waals surface area contributed by atoms with E-state index in [1.165, 1.54) is 29.9 Å². The van der Waals surface area contributed by atoms with Gasteiger partial charge >= 0.3 is 0 Å². The summed E-state index contributed by atoms with van der Waals surface area (Å²) < 4.78 is 3.88. The highest BCUT2D eigenvalue weighted by atomic mass is 32.1. The van der Waals surface area contributed by atoms with Crippen LogP contribution < -0.4 is 4.90 Å². The third-order valence-corrected chi connectivity index (χ3v) is 5.62. The van der Waals surface area contributed by atoms with Crippen molar-refractivity contribution in [1.82, 2.24) is 24.5 Å². The summed E-state index contributed by atoms with van der Waals surface area (Å²) in [6, 6.07) is 0. The number of carbonyl (C=O) groups excluding carboxylic acids is 1. The SMILES string of the molecule is Cc1nnsc1C(=O)N1CCc2ncnc(N3CCCC3)c2CC1. The molecule has 2 aromatic rings. The highest BCUT2D eigenvalue weighted by Crippen LogP contribution is 2.27. The van der Waals surface area contributed by atoms with E-state index in [4.69, 9.17) is 0 Å². The van der Waals surface area contributed by atoms with Crippen molar-refractivity contribution >= 4 is 23.3 Å². The number of hydrogen-bond donors (Lipinski definition) is 0. The van der Waals surface area contributed by atoms with Gasteiger partial charge in [0.1, 0.15) is 17.0 Å². The average molecular weight is 344 g/mol. The highest BCUT2D eigenvalue weighted by molar-refractivity contribution is 7.07. The molecule has 2 aliphatic heterocycles. The van der Waals surface area contributed by atoms with Crippen molar-refractivity contribution in [2.24, 2.45) is 0 Å². The first-order valence-corrected chi connectivity index (χ1v) is 9.17. The number of hydrogen-bond acceptors (Lipinski definition) is 7. The van der Waals surface area contributed by atoms with Gasteiger partial charge < -0.3 is 9.80 Å². The van der Waals surface area contributed by atoms with Crippen LogP contribution in [0.2, 0.25) is 0 Å². The molecule has 126 valence electrons. The van der Waals surface area contributed by atoms with E-state index in [1.807, 2.05) is 11.8 Å². The van der Waals surface area contributed by atoms with Crippen molar-refractivity contribution < 1.29 is 4.79 Å². The average Bonchev–Trinajstić information content (AvgIpc) is 3.21. The Morgan fingerprint density at radius 2 is 1.92 bits per heavy atom. The Kier molecular flexibility index (Phi) is 4.13. The molecule has 0 atom stereocenters. The fraction of sp³-hybridized carbons (Fsp3) is 0.562. The third kappa shape index (κ3) is 2.75. The van der Waals surface area contributed by atoms with Crippen molar-refractivity contribution in [3.05, 3.63) is 28.2 Å². The van der Waals surface area contributed by atoms with E-state index in [0.29, 0.717) is 23.7 Å². The van der Waals surface area contributed by atoms with Gasteiger partial charge in [0.05, 0.1) is 11.4 Å². The Labute approximate surface area is 144 Å². The summed E-state index contributed by atoms with van der Waals surface area (Å²) in [5.74, 6) is 1.11. The summed E-state index contributed by atoms with van der Waals surface area (Å²) in [6.45, 7) is 5.34. The number of aromatic nitrogens is 4. The molecule has 0 aliphatic carbocycles. The van der Waals surface area contributed by atoms with Gasteiger partial charge in [0.2, 0.25) is 0 Å². The van der Waals surface area contributed by atoms with Gasteiger partial charge in [-0.25, -0.2) is 9.97 Å². The molecule has 8 heteroatoms. The Bertz CT molecular complexity index is 755. The lowest BCUT2D eigenvalue weighted by molar-refractivity contribution is 0.0767. The van der Waals surface area contributed by atoms with Crippen LogP contribution in [0.5, 0.6) is 0 Å². The first-order chi connectivity index (χ1) is 11.7. The molecule has 4 heterocycles. The molecule has 0 saturated carbocycles. The van der Waals surface area contributed by atoms with E-state index in [2.05, 4.69) is 24.5 Å². The molecule has 0 N–H and O–H groups in total. The Balaban J connectivity index is 1.57. The molecular formula is C16H20N6OS. The van der Waals surface area contributed by atoms with Crippen LogP contribution in [-0.2, 0) is 12.8 Å². The second-order valence-corrected chi connectivity index (χ2v) is 7.05. The predicted octanol–water partition coefficient (Wildman–Crippen LogP) is 1.48. The zero-order valence-corrected chi connectivity index (χ0v) is 14.6. The van der Waals surface area contributed by atoms with Gasteiger partial charge in [-0.15, -0.1) is 5.10 Å². The number of anilines is 1. The van der Waals surface area contributed by atoms with E-state index in [9.17, 15) is 4.79 Å². The van der Waals surface area contributed by atoms with Crippen molar-refractivity contribution in [1.29, 1.82) is 0 Å². The minimum atomic E-state index is 0.0333. The fourth-order valence-corrected chi connectivity index (χ4v) is 4.11. The Morgan fingerprint density at radius 1 is 1.12 bits per heavy atom. The predicted molar refractivity (Wildman–Crippen MR) is 91.4 cm³/mol. The molecule has 2 aliphatic rings. The summed E-state index contributed by atoms with van der Waals surface area (Å²) in [6.07, 6.45) is 5.69. The number of aryl methyl sites for hydroxylation is 1. The van der Waals surface area contributed by atoms with Crippen LogP contribution in [0.3, 0.4) is 0 Å². The largest absolute Gasteiger partial charge is 0.356 e. The van der Waals surface area contributed by atoms with Crippen molar-refractivity contribution in [2.45, 2.75) is 32.6 Å². The summed E-state index contributed by atoms with van der Waals surface area (Å²) >= 11 is 1.18. The van der Waals surface area contributed by atoms with Crippen LogP contribution >= 0.6 is 11.5 Å². The maximum atomic E-state index is 12.7. The number of amides is 1. The number of fused-ring (bicyclic) bond motifs is 1. The zero-order chi connectivity index (χ0) is 16.5. The summed E-state index contributed by atoms with van der Waals surface area (Å²) in [5.41, 5.74) is 3.01. The lowest BCUT2D eigenvalue weighted by Crippen LogP contribution is -2.33. The smallest absolute Gasteiger partial charge is 0.267 e. The lowest BCUT2D eigenvalue weighted by Gasteiger charge is -2.21. The van der Waals surface area contributed by atoms with Gasteiger partial charge in [-0.3, -0.25) is 4.79 Å². The van der Waals surface area contributed by atoms with Gasteiger partial charge in [-0.2, -0.15) is 0 Å². The fourth-order valence-electron chi connectivity index (χ4n) is 3.48. The maximum absolute atomic E-state index is 12.7. The van der Waals surface area contributed by atoms with Crippen LogP contribution in [0, 0.1) is 6.92 Å². The molecule has 0 aromatic carbocycles.